The summed E-state index contributed by atoms with van der Waals surface area (Å²) in [6.07, 6.45) is 2.88. The van der Waals surface area contributed by atoms with E-state index in [-0.39, 0.29) is 18.3 Å². The Morgan fingerprint density at radius 3 is 2.79 bits per heavy atom. The summed E-state index contributed by atoms with van der Waals surface area (Å²) in [4.78, 5) is 11.5. The van der Waals surface area contributed by atoms with Gasteiger partial charge >= 0.3 is 0 Å². The maximum absolute atomic E-state index is 13.3. The third-order valence-corrected chi connectivity index (χ3v) is 2.83. The van der Waals surface area contributed by atoms with Crippen molar-refractivity contribution in [2.45, 2.75) is 6.54 Å². The zero-order valence-corrected chi connectivity index (χ0v) is 11.5. The molecule has 2 rings (SSSR count). The van der Waals surface area contributed by atoms with Gasteiger partial charge in [-0.05, 0) is 40.2 Å². The second kappa shape index (κ2) is 6.33. The van der Waals surface area contributed by atoms with Gasteiger partial charge in [-0.25, -0.2) is 4.39 Å². The third kappa shape index (κ3) is 4.06. The lowest BCUT2D eigenvalue weighted by Gasteiger charge is -2.03. The summed E-state index contributed by atoms with van der Waals surface area (Å²) in [6, 6.07) is 9.78. The van der Waals surface area contributed by atoms with Gasteiger partial charge in [-0.1, -0.05) is 18.2 Å². The predicted molar refractivity (Wildman–Crippen MR) is 73.7 cm³/mol. The number of carbonyl (C=O) groups is 1. The van der Waals surface area contributed by atoms with Crippen LogP contribution in [0.5, 0.6) is 0 Å². The average molecular weight is 324 g/mol. The van der Waals surface area contributed by atoms with Crippen LogP contribution in [0.15, 0.2) is 51.6 Å². The SMILES string of the molecule is O=C(/C=C/c1ccc(Br)o1)NCc1ccccc1F. The van der Waals surface area contributed by atoms with Gasteiger partial charge < -0.3 is 9.73 Å². The minimum absolute atomic E-state index is 0.150. The van der Waals surface area contributed by atoms with Gasteiger partial charge in [0, 0.05) is 18.2 Å². The summed E-state index contributed by atoms with van der Waals surface area (Å²) in [5.74, 6) is -0.0783. The molecule has 0 atom stereocenters. The van der Waals surface area contributed by atoms with Crippen LogP contribution < -0.4 is 5.32 Å². The zero-order chi connectivity index (χ0) is 13.7. The molecule has 0 aliphatic rings. The van der Waals surface area contributed by atoms with E-state index in [0.29, 0.717) is 16.0 Å². The molecule has 1 heterocycles. The molecule has 0 aliphatic heterocycles. The number of hydrogen-bond acceptors (Lipinski definition) is 2. The second-order valence-electron chi connectivity index (χ2n) is 3.78. The molecule has 3 nitrogen and oxygen atoms in total. The van der Waals surface area contributed by atoms with E-state index >= 15 is 0 Å². The maximum Gasteiger partial charge on any atom is 0.244 e. The van der Waals surface area contributed by atoms with Crippen molar-refractivity contribution >= 4 is 27.9 Å². The van der Waals surface area contributed by atoms with Crippen LogP contribution in [-0.2, 0) is 11.3 Å². The smallest absolute Gasteiger partial charge is 0.244 e. The first-order valence-corrected chi connectivity index (χ1v) is 6.39. The lowest BCUT2D eigenvalue weighted by atomic mass is 10.2. The molecule has 19 heavy (non-hydrogen) atoms. The molecule has 1 amide bonds. The second-order valence-corrected chi connectivity index (χ2v) is 4.57. The molecule has 0 spiro atoms. The topological polar surface area (TPSA) is 42.2 Å². The molecule has 1 aromatic carbocycles. The van der Waals surface area contributed by atoms with Crippen molar-refractivity contribution in [2.24, 2.45) is 0 Å². The molecule has 1 aromatic heterocycles. The number of halogens is 2. The van der Waals surface area contributed by atoms with E-state index < -0.39 is 0 Å². The Morgan fingerprint density at radius 2 is 2.11 bits per heavy atom. The van der Waals surface area contributed by atoms with Crippen LogP contribution in [0, 0.1) is 5.82 Å². The van der Waals surface area contributed by atoms with E-state index in [2.05, 4.69) is 21.2 Å². The highest BCUT2D eigenvalue weighted by atomic mass is 79.9. The van der Waals surface area contributed by atoms with Crippen LogP contribution in [-0.4, -0.2) is 5.91 Å². The molecular formula is C14H11BrFNO2. The highest BCUT2D eigenvalue weighted by Gasteiger charge is 2.02. The molecule has 0 saturated carbocycles. The van der Waals surface area contributed by atoms with Gasteiger partial charge in [-0.2, -0.15) is 0 Å². The van der Waals surface area contributed by atoms with Crippen molar-refractivity contribution in [3.05, 3.63) is 64.3 Å². The molecule has 0 fully saturated rings. The van der Waals surface area contributed by atoms with Crippen molar-refractivity contribution in [3.8, 4) is 0 Å². The van der Waals surface area contributed by atoms with Gasteiger partial charge in [0.2, 0.25) is 5.91 Å². The van der Waals surface area contributed by atoms with Gasteiger partial charge in [-0.15, -0.1) is 0 Å². The van der Waals surface area contributed by atoms with Crippen molar-refractivity contribution in [3.63, 3.8) is 0 Å². The molecule has 0 unspecified atom stereocenters. The van der Waals surface area contributed by atoms with Gasteiger partial charge in [0.15, 0.2) is 4.67 Å². The Hall–Kier alpha value is -1.88. The maximum atomic E-state index is 13.3. The van der Waals surface area contributed by atoms with Crippen molar-refractivity contribution < 1.29 is 13.6 Å². The number of carbonyl (C=O) groups excluding carboxylic acids is 1. The molecular weight excluding hydrogens is 313 g/mol. The number of hydrogen-bond donors (Lipinski definition) is 1. The first kappa shape index (κ1) is 13.5. The van der Waals surface area contributed by atoms with Gasteiger partial charge in [-0.3, -0.25) is 4.79 Å². The first-order valence-electron chi connectivity index (χ1n) is 5.60. The molecule has 0 radical (unpaired) electrons. The summed E-state index contributed by atoms with van der Waals surface area (Å²) in [5.41, 5.74) is 0.449. The van der Waals surface area contributed by atoms with Gasteiger partial charge in [0.05, 0.1) is 0 Å². The van der Waals surface area contributed by atoms with Crippen molar-refractivity contribution in [2.75, 3.05) is 0 Å². The van der Waals surface area contributed by atoms with Crippen LogP contribution in [0.3, 0.4) is 0 Å². The molecule has 1 N–H and O–H groups in total. The molecule has 0 saturated heterocycles. The van der Waals surface area contributed by atoms with Crippen molar-refractivity contribution in [1.29, 1.82) is 0 Å². The van der Waals surface area contributed by atoms with Crippen LogP contribution in [0.25, 0.3) is 6.08 Å². The molecule has 98 valence electrons. The Kier molecular flexibility index (Phi) is 4.52. The molecule has 0 bridgehead atoms. The van der Waals surface area contributed by atoms with Crippen LogP contribution in [0.1, 0.15) is 11.3 Å². The lowest BCUT2D eigenvalue weighted by Crippen LogP contribution is -2.20. The normalized spacial score (nSPS) is 10.8. The number of furan rings is 1. The Bertz CT molecular complexity index is 607. The van der Waals surface area contributed by atoms with E-state index in [9.17, 15) is 9.18 Å². The Labute approximate surface area is 118 Å². The number of benzene rings is 1. The minimum Gasteiger partial charge on any atom is -0.450 e. The van der Waals surface area contributed by atoms with Gasteiger partial charge in [0.25, 0.3) is 0 Å². The monoisotopic (exact) mass is 323 g/mol. The predicted octanol–water partition coefficient (Wildman–Crippen LogP) is 3.51. The van der Waals surface area contributed by atoms with Crippen molar-refractivity contribution in [1.82, 2.24) is 5.32 Å². The first-order chi connectivity index (χ1) is 9.15. The summed E-state index contributed by atoms with van der Waals surface area (Å²) in [6.45, 7) is 0.150. The fourth-order valence-corrected chi connectivity index (χ4v) is 1.78. The fraction of sp³-hybridized carbons (Fsp3) is 0.0714. The highest BCUT2D eigenvalue weighted by Crippen LogP contribution is 2.14. The summed E-state index contributed by atoms with van der Waals surface area (Å²) >= 11 is 3.17. The molecule has 0 aliphatic carbocycles. The molecule has 5 heteroatoms. The quantitative estimate of drug-likeness (QED) is 0.875. The third-order valence-electron chi connectivity index (χ3n) is 2.40. The van der Waals surface area contributed by atoms with E-state index in [1.165, 1.54) is 12.1 Å². The standard InChI is InChI=1S/C14H11BrFNO2/c15-13-7-5-11(19-13)6-8-14(18)17-9-10-3-1-2-4-12(10)16/h1-8H,9H2,(H,17,18)/b8-6+. The highest BCUT2D eigenvalue weighted by molar-refractivity contribution is 9.10. The van der Waals surface area contributed by atoms with Gasteiger partial charge in [0.1, 0.15) is 11.6 Å². The lowest BCUT2D eigenvalue weighted by molar-refractivity contribution is -0.116. The summed E-state index contributed by atoms with van der Waals surface area (Å²) < 4.78 is 19.1. The van der Waals surface area contributed by atoms with E-state index in [4.69, 9.17) is 4.42 Å². The fourth-order valence-electron chi connectivity index (χ4n) is 1.46. The zero-order valence-electron chi connectivity index (χ0n) is 9.90. The van der Waals surface area contributed by atoms with Crippen LogP contribution in [0.2, 0.25) is 0 Å². The largest absolute Gasteiger partial charge is 0.450 e. The molecule has 2 aromatic rings. The minimum atomic E-state index is -0.332. The number of nitrogens with one attached hydrogen (secondary N) is 1. The van der Waals surface area contributed by atoms with E-state index in [1.807, 2.05) is 0 Å². The van der Waals surface area contributed by atoms with Crippen LogP contribution >= 0.6 is 15.9 Å². The summed E-state index contributed by atoms with van der Waals surface area (Å²) in [7, 11) is 0. The Morgan fingerprint density at radius 1 is 1.32 bits per heavy atom. The number of rotatable bonds is 4. The van der Waals surface area contributed by atoms with Crippen LogP contribution in [0.4, 0.5) is 4.39 Å². The van der Waals surface area contributed by atoms with E-state index in [0.717, 1.165) is 0 Å². The van der Waals surface area contributed by atoms with E-state index in [1.54, 1.807) is 36.4 Å². The average Bonchev–Trinajstić information content (AvgIpc) is 2.81. The summed E-state index contributed by atoms with van der Waals surface area (Å²) in [5, 5.41) is 2.60. The Balaban J connectivity index is 1.88. The number of amides is 1.